The van der Waals surface area contributed by atoms with E-state index < -0.39 is 12.1 Å². The Kier molecular flexibility index (Phi) is 8.25. The van der Waals surface area contributed by atoms with E-state index in [4.69, 9.17) is 11.5 Å². The molecule has 2 aromatic rings. The van der Waals surface area contributed by atoms with Crippen molar-refractivity contribution in [2.24, 2.45) is 11.5 Å². The molecule has 3 amide bonds. The molecular formula is C16H21ClN4O2S. The molecular weight excluding hydrogens is 348 g/mol. The third kappa shape index (κ3) is 6.19. The molecule has 0 aliphatic rings. The quantitative estimate of drug-likeness (QED) is 0.600. The molecule has 0 radical (unpaired) electrons. The van der Waals surface area contributed by atoms with Crippen LogP contribution in [0.2, 0.25) is 0 Å². The van der Waals surface area contributed by atoms with Crippen molar-refractivity contribution < 1.29 is 9.59 Å². The number of benzene rings is 1. The number of hydrogen-bond donors (Lipinski definition) is 4. The van der Waals surface area contributed by atoms with Crippen LogP contribution in [-0.4, -0.2) is 18.5 Å². The van der Waals surface area contributed by atoms with Crippen LogP contribution in [0.15, 0.2) is 47.8 Å². The van der Waals surface area contributed by atoms with Crippen molar-refractivity contribution in [3.05, 3.63) is 58.3 Å². The van der Waals surface area contributed by atoms with Gasteiger partial charge >= 0.3 is 6.03 Å². The van der Waals surface area contributed by atoms with E-state index in [0.717, 1.165) is 10.4 Å². The third-order valence-corrected chi connectivity index (χ3v) is 4.33. The minimum atomic E-state index is -0.655. The molecule has 1 aromatic carbocycles. The number of rotatable bonds is 7. The standard InChI is InChI=1S/C16H20N4O2S.ClH/c17-12(11-5-2-1-3-6-11)10-19-15(21)9-13(20-16(18)22)14-7-4-8-23-14;/h1-8,12-13H,9-10,17H2,(H,19,21)(H3,18,20,22);1H. The van der Waals surface area contributed by atoms with Gasteiger partial charge in [0.1, 0.15) is 0 Å². The minimum absolute atomic E-state index is 0. The Hall–Kier alpha value is -2.09. The van der Waals surface area contributed by atoms with Crippen LogP contribution < -0.4 is 22.1 Å². The second kappa shape index (κ2) is 9.92. The molecule has 0 saturated carbocycles. The molecule has 0 bridgehead atoms. The first-order chi connectivity index (χ1) is 11.1. The van der Waals surface area contributed by atoms with Crippen LogP contribution in [0.3, 0.4) is 0 Å². The van der Waals surface area contributed by atoms with Gasteiger partial charge in [-0.1, -0.05) is 36.4 Å². The Morgan fingerprint density at radius 1 is 1.12 bits per heavy atom. The molecule has 1 aromatic heterocycles. The van der Waals surface area contributed by atoms with Gasteiger partial charge < -0.3 is 22.1 Å². The Balaban J connectivity index is 0.00000288. The van der Waals surface area contributed by atoms with Gasteiger partial charge in [0.25, 0.3) is 0 Å². The highest BCUT2D eigenvalue weighted by Crippen LogP contribution is 2.21. The maximum Gasteiger partial charge on any atom is 0.312 e. The molecule has 1 heterocycles. The summed E-state index contributed by atoms with van der Waals surface area (Å²) in [7, 11) is 0. The summed E-state index contributed by atoms with van der Waals surface area (Å²) in [6, 6.07) is 11.9. The van der Waals surface area contributed by atoms with Crippen molar-refractivity contribution >= 4 is 35.7 Å². The zero-order chi connectivity index (χ0) is 16.7. The van der Waals surface area contributed by atoms with Crippen molar-refractivity contribution in [2.45, 2.75) is 18.5 Å². The summed E-state index contributed by atoms with van der Waals surface area (Å²) in [4.78, 5) is 24.1. The first kappa shape index (κ1) is 20.0. The molecule has 2 rings (SSSR count). The first-order valence-corrected chi connectivity index (χ1v) is 8.11. The van der Waals surface area contributed by atoms with Crippen LogP contribution >= 0.6 is 23.7 Å². The SMILES string of the molecule is Cl.NC(=O)NC(CC(=O)NCC(N)c1ccccc1)c1cccs1. The number of amides is 3. The monoisotopic (exact) mass is 368 g/mol. The van der Waals surface area contributed by atoms with E-state index in [1.54, 1.807) is 0 Å². The van der Waals surface area contributed by atoms with Gasteiger partial charge in [0.2, 0.25) is 5.91 Å². The lowest BCUT2D eigenvalue weighted by atomic mass is 10.1. The van der Waals surface area contributed by atoms with E-state index in [0.29, 0.717) is 6.54 Å². The van der Waals surface area contributed by atoms with Crippen LogP contribution in [-0.2, 0) is 4.79 Å². The van der Waals surface area contributed by atoms with Crippen LogP contribution in [0.5, 0.6) is 0 Å². The molecule has 8 heteroatoms. The van der Waals surface area contributed by atoms with E-state index in [1.807, 2.05) is 47.8 Å². The number of urea groups is 1. The van der Waals surface area contributed by atoms with E-state index in [2.05, 4.69) is 10.6 Å². The lowest BCUT2D eigenvalue weighted by Crippen LogP contribution is -2.38. The van der Waals surface area contributed by atoms with Gasteiger partial charge in [0.05, 0.1) is 12.5 Å². The van der Waals surface area contributed by atoms with Crippen LogP contribution in [0, 0.1) is 0 Å². The van der Waals surface area contributed by atoms with Gasteiger partial charge in [-0.2, -0.15) is 0 Å². The van der Waals surface area contributed by atoms with Gasteiger partial charge in [-0.3, -0.25) is 4.79 Å². The summed E-state index contributed by atoms with van der Waals surface area (Å²) < 4.78 is 0. The van der Waals surface area contributed by atoms with Gasteiger partial charge in [0.15, 0.2) is 0 Å². The summed E-state index contributed by atoms with van der Waals surface area (Å²) in [5.41, 5.74) is 12.2. The van der Waals surface area contributed by atoms with Crippen LogP contribution in [0.4, 0.5) is 4.79 Å². The summed E-state index contributed by atoms with van der Waals surface area (Å²) in [5.74, 6) is -0.191. The second-order valence-electron chi connectivity index (χ2n) is 5.10. The van der Waals surface area contributed by atoms with Crippen molar-refractivity contribution in [3.8, 4) is 0 Å². The maximum absolute atomic E-state index is 12.1. The average molecular weight is 369 g/mol. The zero-order valence-electron chi connectivity index (χ0n) is 13.0. The molecule has 0 aliphatic heterocycles. The van der Waals surface area contributed by atoms with Crippen molar-refractivity contribution in [3.63, 3.8) is 0 Å². The van der Waals surface area contributed by atoms with Gasteiger partial charge in [0, 0.05) is 17.5 Å². The molecule has 2 unspecified atom stereocenters. The number of primary amides is 1. The Bertz CT molecular complexity index is 637. The Morgan fingerprint density at radius 3 is 2.42 bits per heavy atom. The van der Waals surface area contributed by atoms with Crippen molar-refractivity contribution in [1.29, 1.82) is 0 Å². The van der Waals surface area contributed by atoms with E-state index >= 15 is 0 Å². The molecule has 130 valence electrons. The van der Waals surface area contributed by atoms with E-state index in [9.17, 15) is 9.59 Å². The largest absolute Gasteiger partial charge is 0.354 e. The average Bonchev–Trinajstić information content (AvgIpc) is 3.07. The lowest BCUT2D eigenvalue weighted by molar-refractivity contribution is -0.121. The Morgan fingerprint density at radius 2 is 1.83 bits per heavy atom. The fraction of sp³-hybridized carbons (Fsp3) is 0.250. The molecule has 24 heavy (non-hydrogen) atoms. The van der Waals surface area contributed by atoms with Crippen molar-refractivity contribution in [2.75, 3.05) is 6.54 Å². The summed E-state index contributed by atoms with van der Waals surface area (Å²) in [6.45, 7) is 0.330. The van der Waals surface area contributed by atoms with Crippen LogP contribution in [0.25, 0.3) is 0 Å². The molecule has 6 nitrogen and oxygen atoms in total. The maximum atomic E-state index is 12.1. The fourth-order valence-electron chi connectivity index (χ4n) is 2.18. The lowest BCUT2D eigenvalue weighted by Gasteiger charge is -2.17. The molecule has 0 spiro atoms. The fourth-order valence-corrected chi connectivity index (χ4v) is 2.96. The van der Waals surface area contributed by atoms with E-state index in [-0.39, 0.29) is 30.8 Å². The van der Waals surface area contributed by atoms with Gasteiger partial charge in [-0.15, -0.1) is 23.7 Å². The summed E-state index contributed by atoms with van der Waals surface area (Å²) in [5, 5.41) is 7.27. The van der Waals surface area contributed by atoms with Gasteiger partial charge in [-0.25, -0.2) is 4.79 Å². The number of thiophene rings is 1. The molecule has 0 aliphatic carbocycles. The highest BCUT2D eigenvalue weighted by atomic mass is 35.5. The minimum Gasteiger partial charge on any atom is -0.354 e. The predicted molar refractivity (Wildman–Crippen MR) is 98.0 cm³/mol. The second-order valence-corrected chi connectivity index (χ2v) is 6.08. The molecule has 2 atom stereocenters. The Labute approximate surface area is 151 Å². The van der Waals surface area contributed by atoms with Crippen LogP contribution in [0.1, 0.15) is 28.9 Å². The first-order valence-electron chi connectivity index (χ1n) is 7.23. The number of hydrogen-bond acceptors (Lipinski definition) is 4. The highest BCUT2D eigenvalue weighted by Gasteiger charge is 2.18. The molecule has 0 fully saturated rings. The summed E-state index contributed by atoms with van der Waals surface area (Å²) in [6.07, 6.45) is 0.116. The van der Waals surface area contributed by atoms with E-state index in [1.165, 1.54) is 11.3 Å². The number of halogens is 1. The number of carbonyl (C=O) groups is 2. The topological polar surface area (TPSA) is 110 Å². The normalized spacial score (nSPS) is 12.5. The molecule has 6 N–H and O–H groups in total. The summed E-state index contributed by atoms with van der Waals surface area (Å²) >= 11 is 1.46. The van der Waals surface area contributed by atoms with Crippen molar-refractivity contribution in [1.82, 2.24) is 10.6 Å². The highest BCUT2D eigenvalue weighted by molar-refractivity contribution is 7.10. The number of carbonyl (C=O) groups excluding carboxylic acids is 2. The smallest absolute Gasteiger partial charge is 0.312 e. The molecule has 0 saturated heterocycles. The predicted octanol–water partition coefficient (Wildman–Crippen LogP) is 2.09. The number of nitrogens with two attached hydrogens (primary N) is 2. The third-order valence-electron chi connectivity index (χ3n) is 3.34. The van der Waals surface area contributed by atoms with Gasteiger partial charge in [-0.05, 0) is 17.0 Å². The number of nitrogens with one attached hydrogen (secondary N) is 2. The zero-order valence-corrected chi connectivity index (χ0v) is 14.6.